The van der Waals surface area contributed by atoms with Crippen LogP contribution in [-0.2, 0) is 16.9 Å². The number of carbonyl (C=O) groups excluding carboxylic acids is 2. The molecule has 4 rings (SSSR count). The van der Waals surface area contributed by atoms with Gasteiger partial charge in [0.15, 0.2) is 0 Å². The van der Waals surface area contributed by atoms with E-state index in [-0.39, 0.29) is 18.6 Å². The maximum atomic E-state index is 13.3. The summed E-state index contributed by atoms with van der Waals surface area (Å²) in [5.41, 5.74) is 0.776. The van der Waals surface area contributed by atoms with Crippen LogP contribution in [0.1, 0.15) is 25.0 Å². The Bertz CT molecular complexity index is 1110. The maximum absolute atomic E-state index is 13.3. The van der Waals surface area contributed by atoms with E-state index in [1.54, 1.807) is 6.92 Å². The third kappa shape index (κ3) is 4.11. The number of amides is 3. The van der Waals surface area contributed by atoms with Crippen molar-refractivity contribution in [2.24, 2.45) is 0 Å². The van der Waals surface area contributed by atoms with Gasteiger partial charge in [-0.25, -0.2) is 9.69 Å². The summed E-state index contributed by atoms with van der Waals surface area (Å²) in [5, 5.41) is 5.03. The zero-order chi connectivity index (χ0) is 22.0. The lowest BCUT2D eigenvalue weighted by atomic mass is 9.90. The van der Waals surface area contributed by atoms with Crippen molar-refractivity contribution in [3.05, 3.63) is 77.9 Å². The van der Waals surface area contributed by atoms with E-state index in [2.05, 4.69) is 5.32 Å². The van der Waals surface area contributed by atoms with Crippen molar-refractivity contribution in [2.45, 2.75) is 25.9 Å². The summed E-state index contributed by atoms with van der Waals surface area (Å²) in [6, 6.07) is 21.3. The van der Waals surface area contributed by atoms with Gasteiger partial charge < -0.3 is 10.1 Å². The van der Waals surface area contributed by atoms with Crippen molar-refractivity contribution >= 4 is 22.7 Å². The molecule has 1 heterocycles. The van der Waals surface area contributed by atoms with Crippen LogP contribution in [-0.4, -0.2) is 42.1 Å². The summed E-state index contributed by atoms with van der Waals surface area (Å²) in [7, 11) is 1.89. The van der Waals surface area contributed by atoms with Crippen molar-refractivity contribution in [1.29, 1.82) is 0 Å². The van der Waals surface area contributed by atoms with Gasteiger partial charge in [-0.15, -0.1) is 0 Å². The first-order chi connectivity index (χ1) is 14.9. The van der Waals surface area contributed by atoms with Crippen molar-refractivity contribution in [1.82, 2.24) is 15.1 Å². The second kappa shape index (κ2) is 8.40. The molecular weight excluding hydrogens is 390 g/mol. The zero-order valence-electron chi connectivity index (χ0n) is 18.1. The van der Waals surface area contributed by atoms with Crippen LogP contribution in [0.2, 0.25) is 0 Å². The molecule has 3 amide bonds. The number of nitrogens with zero attached hydrogens (tertiary/aromatic N) is 2. The summed E-state index contributed by atoms with van der Waals surface area (Å²) in [4.78, 5) is 29.2. The van der Waals surface area contributed by atoms with Crippen molar-refractivity contribution in [3.8, 4) is 5.75 Å². The van der Waals surface area contributed by atoms with Crippen LogP contribution < -0.4 is 10.1 Å². The number of rotatable bonds is 7. The molecule has 0 spiro atoms. The number of hydrogen-bond donors (Lipinski definition) is 1. The second-order valence-corrected chi connectivity index (χ2v) is 8.08. The Labute approximate surface area is 182 Å². The molecular formula is C25H27N3O3. The van der Waals surface area contributed by atoms with Gasteiger partial charge in [0.2, 0.25) is 0 Å². The highest BCUT2D eigenvalue weighted by Gasteiger charge is 2.49. The van der Waals surface area contributed by atoms with Crippen LogP contribution in [0.5, 0.6) is 5.75 Å². The molecule has 160 valence electrons. The number of imide groups is 1. The van der Waals surface area contributed by atoms with Crippen molar-refractivity contribution in [2.75, 3.05) is 20.3 Å². The highest BCUT2D eigenvalue weighted by Crippen LogP contribution is 2.31. The maximum Gasteiger partial charge on any atom is 0.326 e. The molecule has 1 aliphatic heterocycles. The molecule has 1 atom stereocenters. The molecule has 0 unspecified atom stereocenters. The second-order valence-electron chi connectivity index (χ2n) is 8.08. The molecule has 31 heavy (non-hydrogen) atoms. The van der Waals surface area contributed by atoms with Gasteiger partial charge in [0, 0.05) is 6.54 Å². The summed E-state index contributed by atoms with van der Waals surface area (Å²) in [6.07, 6.45) is 0. The monoisotopic (exact) mass is 417 g/mol. The average molecular weight is 418 g/mol. The number of nitrogens with one attached hydrogen (secondary N) is 1. The molecule has 1 saturated heterocycles. The number of hydrogen-bond acceptors (Lipinski definition) is 4. The van der Waals surface area contributed by atoms with Gasteiger partial charge in [0.1, 0.15) is 11.3 Å². The first kappa shape index (κ1) is 20.9. The van der Waals surface area contributed by atoms with Crippen molar-refractivity contribution < 1.29 is 14.3 Å². The van der Waals surface area contributed by atoms with Crippen LogP contribution in [0.15, 0.2) is 66.7 Å². The van der Waals surface area contributed by atoms with Gasteiger partial charge in [-0.1, -0.05) is 48.5 Å². The number of carbonyl (C=O) groups is 2. The standard InChI is InChI=1S/C25H27N3O3/c1-4-31-22-13-9-18(10-14-22)16-27(3)17-28-23(29)25(2,26-24(28)30)21-12-11-19-7-5-6-8-20(19)15-21/h5-15H,4,16-17H2,1-3H3,(H,26,30)/t25-/m0/s1. The number of benzene rings is 3. The minimum Gasteiger partial charge on any atom is -0.494 e. The largest absolute Gasteiger partial charge is 0.494 e. The van der Waals surface area contributed by atoms with Gasteiger partial charge in [0.05, 0.1) is 13.3 Å². The lowest BCUT2D eigenvalue weighted by Crippen LogP contribution is -2.42. The summed E-state index contributed by atoms with van der Waals surface area (Å²) < 4.78 is 5.47. The van der Waals surface area contributed by atoms with E-state index in [1.807, 2.05) is 85.6 Å². The Hall–Kier alpha value is -3.38. The summed E-state index contributed by atoms with van der Waals surface area (Å²) >= 11 is 0. The van der Waals surface area contributed by atoms with Crippen molar-refractivity contribution in [3.63, 3.8) is 0 Å². The molecule has 1 aliphatic rings. The highest BCUT2D eigenvalue weighted by molar-refractivity contribution is 6.07. The van der Waals surface area contributed by atoms with Crippen LogP contribution in [0, 0.1) is 0 Å². The first-order valence-corrected chi connectivity index (χ1v) is 10.4. The molecule has 0 saturated carbocycles. The molecule has 1 fully saturated rings. The predicted octanol–water partition coefficient (Wildman–Crippen LogP) is 4.10. The molecule has 6 heteroatoms. The minimum absolute atomic E-state index is 0.209. The molecule has 6 nitrogen and oxygen atoms in total. The van der Waals surface area contributed by atoms with Gasteiger partial charge in [0.25, 0.3) is 5.91 Å². The average Bonchev–Trinajstić information content (AvgIpc) is 2.99. The van der Waals surface area contributed by atoms with Crippen LogP contribution >= 0.6 is 0 Å². The Kier molecular flexibility index (Phi) is 5.65. The van der Waals surface area contributed by atoms with Gasteiger partial charge in [-0.2, -0.15) is 0 Å². The van der Waals surface area contributed by atoms with E-state index < -0.39 is 5.54 Å². The third-order valence-electron chi connectivity index (χ3n) is 5.67. The fraction of sp³-hybridized carbons (Fsp3) is 0.280. The minimum atomic E-state index is -1.08. The third-order valence-corrected chi connectivity index (χ3v) is 5.67. The van der Waals surface area contributed by atoms with E-state index in [0.29, 0.717) is 13.2 Å². The zero-order valence-corrected chi connectivity index (χ0v) is 18.1. The van der Waals surface area contributed by atoms with E-state index in [4.69, 9.17) is 4.74 Å². The summed E-state index contributed by atoms with van der Waals surface area (Å²) in [6.45, 7) is 5.16. The van der Waals surface area contributed by atoms with Gasteiger partial charge in [-0.3, -0.25) is 9.69 Å². The Balaban J connectivity index is 1.48. The quantitative estimate of drug-likeness (QED) is 0.588. The Morgan fingerprint density at radius 2 is 1.71 bits per heavy atom. The fourth-order valence-electron chi connectivity index (χ4n) is 3.98. The number of ether oxygens (including phenoxy) is 1. The molecule has 1 N–H and O–H groups in total. The predicted molar refractivity (Wildman–Crippen MR) is 121 cm³/mol. The smallest absolute Gasteiger partial charge is 0.326 e. The van der Waals surface area contributed by atoms with E-state index in [1.165, 1.54) is 4.90 Å². The number of fused-ring (bicyclic) bond motifs is 1. The van der Waals surface area contributed by atoms with Crippen LogP contribution in [0.4, 0.5) is 4.79 Å². The van der Waals surface area contributed by atoms with Crippen LogP contribution in [0.3, 0.4) is 0 Å². The fourth-order valence-corrected chi connectivity index (χ4v) is 3.98. The summed E-state index contributed by atoms with van der Waals surface area (Å²) in [5.74, 6) is 0.584. The van der Waals surface area contributed by atoms with Gasteiger partial charge >= 0.3 is 6.03 Å². The lowest BCUT2D eigenvalue weighted by Gasteiger charge is -2.25. The van der Waals surface area contributed by atoms with Gasteiger partial charge in [-0.05, 0) is 61.0 Å². The van der Waals surface area contributed by atoms with Crippen LogP contribution in [0.25, 0.3) is 10.8 Å². The van der Waals surface area contributed by atoms with E-state index in [9.17, 15) is 9.59 Å². The Morgan fingerprint density at radius 3 is 2.42 bits per heavy atom. The highest BCUT2D eigenvalue weighted by atomic mass is 16.5. The first-order valence-electron chi connectivity index (χ1n) is 10.4. The molecule has 0 bridgehead atoms. The molecule has 0 radical (unpaired) electrons. The van der Waals surface area contributed by atoms with E-state index in [0.717, 1.165) is 27.6 Å². The normalized spacial score (nSPS) is 18.6. The topological polar surface area (TPSA) is 61.9 Å². The molecule has 0 aliphatic carbocycles. The lowest BCUT2D eigenvalue weighted by molar-refractivity contribution is -0.132. The molecule has 3 aromatic rings. The Morgan fingerprint density at radius 1 is 1.00 bits per heavy atom. The molecule has 3 aromatic carbocycles. The SMILES string of the molecule is CCOc1ccc(CN(C)CN2C(=O)N[C@@](C)(c3ccc4ccccc4c3)C2=O)cc1. The number of urea groups is 1. The molecule has 0 aromatic heterocycles. The van der Waals surface area contributed by atoms with E-state index >= 15 is 0 Å².